The molecule has 0 amide bonds. The van der Waals surface area contributed by atoms with Gasteiger partial charge in [-0.3, -0.25) is 0 Å². The molecule has 0 spiro atoms. The average Bonchev–Trinajstić information content (AvgIpc) is 2.69. The lowest BCUT2D eigenvalue weighted by Gasteiger charge is -2.16. The average molecular weight is 352 g/mol. The Morgan fingerprint density at radius 1 is 1.23 bits per heavy atom. The Labute approximate surface area is 154 Å². The van der Waals surface area contributed by atoms with Crippen LogP contribution < -0.4 is 0 Å². The molecule has 0 radical (unpaired) electrons. The molecule has 1 aliphatic heterocycles. The molecule has 0 atom stereocenters. The number of benzene rings is 2. The van der Waals surface area contributed by atoms with Crippen molar-refractivity contribution < 1.29 is 19.0 Å². The van der Waals surface area contributed by atoms with Crippen LogP contribution in [0.15, 0.2) is 61.1 Å². The van der Waals surface area contributed by atoms with Crippen molar-refractivity contribution in [1.82, 2.24) is 0 Å². The number of rotatable bonds is 8. The van der Waals surface area contributed by atoms with Crippen LogP contribution in [-0.4, -0.2) is 25.8 Å². The number of carbonyl (C=O) groups is 1. The van der Waals surface area contributed by atoms with Gasteiger partial charge in [-0.15, -0.1) is 0 Å². The van der Waals surface area contributed by atoms with Gasteiger partial charge in [-0.05, 0) is 48.1 Å². The van der Waals surface area contributed by atoms with Gasteiger partial charge in [-0.25, -0.2) is 4.79 Å². The van der Waals surface area contributed by atoms with Crippen molar-refractivity contribution in [1.29, 1.82) is 0 Å². The van der Waals surface area contributed by atoms with Crippen LogP contribution in [0.5, 0.6) is 0 Å². The molecule has 2 aromatic carbocycles. The summed E-state index contributed by atoms with van der Waals surface area (Å²) in [5, 5.41) is 1.94. The minimum atomic E-state index is -0.309. The molecule has 0 aromatic heterocycles. The number of esters is 1. The van der Waals surface area contributed by atoms with E-state index in [1.54, 1.807) is 6.08 Å². The third-order valence-corrected chi connectivity index (χ3v) is 4.29. The van der Waals surface area contributed by atoms with Gasteiger partial charge in [0.25, 0.3) is 5.95 Å². The van der Waals surface area contributed by atoms with E-state index in [9.17, 15) is 4.79 Å². The fraction of sp³-hybridized carbons (Fsp3) is 0.318. The summed E-state index contributed by atoms with van der Waals surface area (Å²) in [4.78, 5) is 12.6. The van der Waals surface area contributed by atoms with Crippen molar-refractivity contribution in [2.24, 2.45) is 0 Å². The van der Waals surface area contributed by atoms with Crippen molar-refractivity contribution in [2.75, 3.05) is 19.8 Å². The van der Waals surface area contributed by atoms with Gasteiger partial charge in [0.2, 0.25) is 0 Å². The first-order chi connectivity index (χ1) is 12.8. The third kappa shape index (κ3) is 4.45. The van der Waals surface area contributed by atoms with E-state index in [4.69, 9.17) is 14.2 Å². The van der Waals surface area contributed by atoms with Crippen LogP contribution in [0.3, 0.4) is 0 Å². The highest BCUT2D eigenvalue weighted by Gasteiger charge is 2.16. The Kier molecular flexibility index (Phi) is 6.31. The zero-order valence-electron chi connectivity index (χ0n) is 14.9. The maximum atomic E-state index is 12.6. The molecule has 0 unspecified atom stereocenters. The Balaban J connectivity index is 1.72. The highest BCUT2D eigenvalue weighted by Crippen LogP contribution is 2.25. The molecule has 4 nitrogen and oxygen atoms in total. The van der Waals surface area contributed by atoms with E-state index in [0.29, 0.717) is 18.1 Å². The lowest BCUT2D eigenvalue weighted by atomic mass is 9.96. The molecule has 0 N–H and O–H groups in total. The molecule has 136 valence electrons. The van der Waals surface area contributed by atoms with Crippen LogP contribution in [0.2, 0.25) is 0 Å². The SMILES string of the molecule is C=CCOC(=O)c1c(CCCOC2=CCCCO2)ccc2ccccc12. The smallest absolute Gasteiger partial charge is 0.339 e. The first-order valence-electron chi connectivity index (χ1n) is 9.04. The van der Waals surface area contributed by atoms with Crippen molar-refractivity contribution in [3.63, 3.8) is 0 Å². The Morgan fingerprint density at radius 3 is 2.92 bits per heavy atom. The van der Waals surface area contributed by atoms with Crippen LogP contribution in [0, 0.1) is 0 Å². The molecule has 0 aliphatic carbocycles. The molecule has 0 bridgehead atoms. The maximum Gasteiger partial charge on any atom is 0.339 e. The zero-order chi connectivity index (χ0) is 18.2. The number of ether oxygens (including phenoxy) is 3. The number of hydrogen-bond acceptors (Lipinski definition) is 4. The fourth-order valence-corrected chi connectivity index (χ4v) is 3.04. The second-order valence-corrected chi connectivity index (χ2v) is 6.17. The normalized spacial score (nSPS) is 13.6. The fourth-order valence-electron chi connectivity index (χ4n) is 3.04. The third-order valence-electron chi connectivity index (χ3n) is 4.29. The van der Waals surface area contributed by atoms with Gasteiger partial charge in [-0.2, -0.15) is 0 Å². The van der Waals surface area contributed by atoms with Gasteiger partial charge in [0.1, 0.15) is 6.61 Å². The topological polar surface area (TPSA) is 44.8 Å². The lowest BCUT2D eigenvalue weighted by molar-refractivity contribution is 0.0240. The molecule has 2 aromatic rings. The second kappa shape index (κ2) is 9.09. The largest absolute Gasteiger partial charge is 0.466 e. The maximum absolute atomic E-state index is 12.6. The summed E-state index contributed by atoms with van der Waals surface area (Å²) in [7, 11) is 0. The summed E-state index contributed by atoms with van der Waals surface area (Å²) >= 11 is 0. The highest BCUT2D eigenvalue weighted by molar-refractivity contribution is 6.05. The van der Waals surface area contributed by atoms with Gasteiger partial charge < -0.3 is 14.2 Å². The molecule has 1 heterocycles. The van der Waals surface area contributed by atoms with Crippen molar-refractivity contribution in [3.05, 3.63) is 72.2 Å². The van der Waals surface area contributed by atoms with E-state index >= 15 is 0 Å². The van der Waals surface area contributed by atoms with Crippen molar-refractivity contribution in [3.8, 4) is 0 Å². The first kappa shape index (κ1) is 18.1. The van der Waals surface area contributed by atoms with Crippen molar-refractivity contribution in [2.45, 2.75) is 25.7 Å². The van der Waals surface area contributed by atoms with Crippen LogP contribution >= 0.6 is 0 Å². The number of aryl methyl sites for hydroxylation is 1. The molecule has 1 aliphatic rings. The summed E-state index contributed by atoms with van der Waals surface area (Å²) in [6.07, 6.45) is 7.13. The molecular formula is C22H24O4. The van der Waals surface area contributed by atoms with Crippen LogP contribution in [-0.2, 0) is 20.6 Å². The van der Waals surface area contributed by atoms with Gasteiger partial charge in [0.15, 0.2) is 0 Å². The van der Waals surface area contributed by atoms with Gasteiger partial charge >= 0.3 is 5.97 Å². The molecule has 3 rings (SSSR count). The van der Waals surface area contributed by atoms with Crippen LogP contribution in [0.1, 0.15) is 35.2 Å². The summed E-state index contributed by atoms with van der Waals surface area (Å²) in [5.74, 6) is 0.316. The Bertz CT molecular complexity index is 807. The monoisotopic (exact) mass is 352 g/mol. The van der Waals surface area contributed by atoms with Gasteiger partial charge in [0, 0.05) is 0 Å². The quantitative estimate of drug-likeness (QED) is 0.389. The van der Waals surface area contributed by atoms with E-state index in [2.05, 4.69) is 6.58 Å². The Morgan fingerprint density at radius 2 is 2.12 bits per heavy atom. The van der Waals surface area contributed by atoms with Gasteiger partial charge in [0.05, 0.1) is 18.8 Å². The molecular weight excluding hydrogens is 328 g/mol. The molecule has 0 saturated heterocycles. The molecule has 0 fully saturated rings. The number of carbonyl (C=O) groups excluding carboxylic acids is 1. The predicted molar refractivity (Wildman–Crippen MR) is 102 cm³/mol. The minimum Gasteiger partial charge on any atom is -0.466 e. The molecule has 4 heteroatoms. The number of allylic oxidation sites excluding steroid dienone is 1. The van der Waals surface area contributed by atoms with E-state index in [-0.39, 0.29) is 12.6 Å². The summed E-state index contributed by atoms with van der Waals surface area (Å²) in [6.45, 7) is 5.08. The number of fused-ring (bicyclic) bond motifs is 1. The highest BCUT2D eigenvalue weighted by atomic mass is 16.7. The summed E-state index contributed by atoms with van der Waals surface area (Å²) in [6, 6.07) is 11.9. The predicted octanol–water partition coefficient (Wildman–Crippen LogP) is 4.78. The van der Waals surface area contributed by atoms with Crippen LogP contribution in [0.4, 0.5) is 0 Å². The lowest BCUT2D eigenvalue weighted by Crippen LogP contribution is -2.10. The molecule has 26 heavy (non-hydrogen) atoms. The first-order valence-corrected chi connectivity index (χ1v) is 9.04. The van der Waals surface area contributed by atoms with E-state index in [1.165, 1.54) is 0 Å². The Hall–Kier alpha value is -2.75. The minimum absolute atomic E-state index is 0.204. The summed E-state index contributed by atoms with van der Waals surface area (Å²) < 4.78 is 16.4. The van der Waals surface area contributed by atoms with E-state index in [0.717, 1.165) is 48.6 Å². The number of hydrogen-bond donors (Lipinski definition) is 0. The van der Waals surface area contributed by atoms with E-state index in [1.807, 2.05) is 42.5 Å². The zero-order valence-corrected chi connectivity index (χ0v) is 14.9. The second-order valence-electron chi connectivity index (χ2n) is 6.17. The van der Waals surface area contributed by atoms with Crippen molar-refractivity contribution >= 4 is 16.7 Å². The van der Waals surface area contributed by atoms with E-state index < -0.39 is 0 Å². The van der Waals surface area contributed by atoms with Gasteiger partial charge in [-0.1, -0.05) is 49.1 Å². The molecule has 0 saturated carbocycles. The standard InChI is InChI=1S/C22H24O4/c1-2-14-26-22(23)21-18(13-12-17-8-3-4-10-19(17)21)9-7-16-25-20-11-5-6-15-24-20/h2-4,8,10-13H,1,5-7,9,14-16H2. The summed E-state index contributed by atoms with van der Waals surface area (Å²) in [5.41, 5.74) is 1.61. The van der Waals surface area contributed by atoms with Crippen LogP contribution in [0.25, 0.3) is 10.8 Å².